The normalized spacial score (nSPS) is 18.2. The Bertz CT molecular complexity index is 146. The largest absolute Gasteiger partial charge is 0.343 e. The van der Waals surface area contributed by atoms with E-state index in [9.17, 15) is 0 Å². The van der Waals surface area contributed by atoms with Gasteiger partial charge in [0.2, 0.25) is 0 Å². The lowest BCUT2D eigenvalue weighted by Gasteiger charge is -2.37. The van der Waals surface area contributed by atoms with Gasteiger partial charge in [-0.1, -0.05) is 6.92 Å². The third kappa shape index (κ3) is 3.92. The summed E-state index contributed by atoms with van der Waals surface area (Å²) in [5.41, 5.74) is 5.30. The molecule has 0 spiro atoms. The van der Waals surface area contributed by atoms with E-state index in [1.807, 2.05) is 33.0 Å². The summed E-state index contributed by atoms with van der Waals surface area (Å²) in [4.78, 5) is 2.04. The second-order valence-electron chi connectivity index (χ2n) is 3.82. The van der Waals surface area contributed by atoms with Gasteiger partial charge in [-0.2, -0.15) is 0 Å². The van der Waals surface area contributed by atoms with Crippen LogP contribution in [0.1, 0.15) is 26.7 Å². The predicted octanol–water partition coefficient (Wildman–Crippen LogP) is 0.585. The van der Waals surface area contributed by atoms with Crippen LogP contribution in [0.3, 0.4) is 0 Å². The van der Waals surface area contributed by atoms with Gasteiger partial charge in [-0.15, -0.1) is 0 Å². The molecule has 4 heteroatoms. The van der Waals surface area contributed by atoms with Crippen molar-refractivity contribution < 1.29 is 4.74 Å². The molecular formula is C10H25N3O. The van der Waals surface area contributed by atoms with Crippen LogP contribution in [0, 0.1) is 0 Å². The first-order chi connectivity index (χ1) is 6.51. The fraction of sp³-hybridized carbons (Fsp3) is 1.00. The summed E-state index contributed by atoms with van der Waals surface area (Å²) < 4.78 is 5.97. The molecule has 0 fully saturated rings. The molecule has 0 aromatic rings. The van der Waals surface area contributed by atoms with Crippen LogP contribution >= 0.6 is 0 Å². The predicted molar refractivity (Wildman–Crippen MR) is 60.0 cm³/mol. The van der Waals surface area contributed by atoms with E-state index in [2.05, 4.69) is 12.2 Å². The van der Waals surface area contributed by atoms with Gasteiger partial charge < -0.3 is 10.5 Å². The Morgan fingerprint density at radius 3 is 2.36 bits per heavy atom. The van der Waals surface area contributed by atoms with Crippen molar-refractivity contribution in [2.75, 3.05) is 27.7 Å². The monoisotopic (exact) mass is 203 g/mol. The second kappa shape index (κ2) is 6.35. The summed E-state index contributed by atoms with van der Waals surface area (Å²) in [6.07, 6.45) is 1.84. The molecule has 0 aliphatic rings. The molecule has 2 atom stereocenters. The zero-order chi connectivity index (χ0) is 11.2. The van der Waals surface area contributed by atoms with E-state index in [1.54, 1.807) is 0 Å². The molecular weight excluding hydrogens is 178 g/mol. The quantitative estimate of drug-likeness (QED) is 0.594. The van der Waals surface area contributed by atoms with Gasteiger partial charge in [-0.3, -0.25) is 10.2 Å². The summed E-state index contributed by atoms with van der Waals surface area (Å²) in [6.45, 7) is 4.78. The van der Waals surface area contributed by atoms with Crippen molar-refractivity contribution in [2.24, 2.45) is 5.73 Å². The Hall–Kier alpha value is -0.160. The minimum atomic E-state index is -0.279. The summed E-state index contributed by atoms with van der Waals surface area (Å²) in [5, 5.41) is 3.22. The highest BCUT2D eigenvalue weighted by molar-refractivity contribution is 4.76. The fourth-order valence-corrected chi connectivity index (χ4v) is 1.34. The molecule has 0 saturated heterocycles. The maximum Gasteiger partial charge on any atom is 0.122 e. The molecule has 4 nitrogen and oxygen atoms in total. The Morgan fingerprint density at radius 2 is 2.07 bits per heavy atom. The van der Waals surface area contributed by atoms with Crippen molar-refractivity contribution in [3.05, 3.63) is 0 Å². The van der Waals surface area contributed by atoms with Crippen LogP contribution in [0.25, 0.3) is 0 Å². The molecule has 0 aliphatic heterocycles. The van der Waals surface area contributed by atoms with Crippen molar-refractivity contribution in [3.8, 4) is 0 Å². The summed E-state index contributed by atoms with van der Waals surface area (Å²) in [7, 11) is 5.92. The van der Waals surface area contributed by atoms with Crippen LogP contribution in [0.2, 0.25) is 0 Å². The Morgan fingerprint density at radius 1 is 1.50 bits per heavy atom. The van der Waals surface area contributed by atoms with Gasteiger partial charge in [0, 0.05) is 6.42 Å². The zero-order valence-corrected chi connectivity index (χ0v) is 10.1. The number of nitrogens with two attached hydrogens (primary N) is 1. The van der Waals surface area contributed by atoms with Gasteiger partial charge in [-0.25, -0.2) is 0 Å². The second-order valence-corrected chi connectivity index (χ2v) is 3.82. The third-order valence-electron chi connectivity index (χ3n) is 2.70. The number of hydrogen-bond acceptors (Lipinski definition) is 4. The van der Waals surface area contributed by atoms with Gasteiger partial charge in [-0.05, 0) is 41.0 Å². The maximum absolute atomic E-state index is 5.97. The van der Waals surface area contributed by atoms with Gasteiger partial charge in [0.15, 0.2) is 0 Å². The van der Waals surface area contributed by atoms with E-state index in [0.717, 1.165) is 12.8 Å². The van der Waals surface area contributed by atoms with Crippen LogP contribution in [0.5, 0.6) is 0 Å². The van der Waals surface area contributed by atoms with Crippen LogP contribution in [0.15, 0.2) is 0 Å². The SMILES string of the molecule is CCC(CCN)(NC)OC(C)N(C)C. The average Bonchev–Trinajstić information content (AvgIpc) is 2.16. The van der Waals surface area contributed by atoms with Crippen molar-refractivity contribution >= 4 is 0 Å². The summed E-state index contributed by atoms with van der Waals surface area (Å²) in [5.74, 6) is 0. The number of nitrogens with one attached hydrogen (secondary N) is 1. The van der Waals surface area contributed by atoms with E-state index >= 15 is 0 Å². The Balaban J connectivity index is 4.33. The van der Waals surface area contributed by atoms with Gasteiger partial charge in [0.1, 0.15) is 12.0 Å². The lowest BCUT2D eigenvalue weighted by molar-refractivity contribution is -0.154. The zero-order valence-electron chi connectivity index (χ0n) is 10.1. The van der Waals surface area contributed by atoms with Gasteiger partial charge >= 0.3 is 0 Å². The molecule has 2 unspecified atom stereocenters. The molecule has 0 rings (SSSR count). The van der Waals surface area contributed by atoms with Crippen molar-refractivity contribution in [1.29, 1.82) is 0 Å². The minimum absolute atomic E-state index is 0.0916. The van der Waals surface area contributed by atoms with Crippen LogP contribution in [-0.4, -0.2) is 44.5 Å². The Labute approximate surface area is 87.8 Å². The number of nitrogens with zero attached hydrogens (tertiary/aromatic N) is 1. The first-order valence-electron chi connectivity index (χ1n) is 5.24. The molecule has 0 aliphatic carbocycles. The van der Waals surface area contributed by atoms with E-state index < -0.39 is 0 Å². The van der Waals surface area contributed by atoms with Crippen molar-refractivity contribution in [3.63, 3.8) is 0 Å². The minimum Gasteiger partial charge on any atom is -0.343 e. The van der Waals surface area contributed by atoms with Crippen molar-refractivity contribution in [2.45, 2.75) is 38.6 Å². The first kappa shape index (κ1) is 13.8. The molecule has 0 bridgehead atoms. The van der Waals surface area contributed by atoms with E-state index in [-0.39, 0.29) is 12.0 Å². The fourth-order valence-electron chi connectivity index (χ4n) is 1.34. The average molecular weight is 203 g/mol. The number of hydrogen-bond donors (Lipinski definition) is 2. The molecule has 0 aromatic heterocycles. The van der Waals surface area contributed by atoms with E-state index in [0.29, 0.717) is 6.54 Å². The standard InChI is InChI=1S/C10H25N3O/c1-6-10(12-3,7-8-11)14-9(2)13(4)5/h9,12H,6-8,11H2,1-5H3. The molecule has 14 heavy (non-hydrogen) atoms. The number of rotatable bonds is 7. The highest BCUT2D eigenvalue weighted by Crippen LogP contribution is 2.18. The molecule has 0 aromatic carbocycles. The van der Waals surface area contributed by atoms with Crippen molar-refractivity contribution in [1.82, 2.24) is 10.2 Å². The molecule has 86 valence electrons. The lowest BCUT2D eigenvalue weighted by Crippen LogP contribution is -2.50. The summed E-state index contributed by atoms with van der Waals surface area (Å²) in [6, 6.07) is 0. The highest BCUT2D eigenvalue weighted by atomic mass is 16.5. The third-order valence-corrected chi connectivity index (χ3v) is 2.70. The molecule has 0 heterocycles. The smallest absolute Gasteiger partial charge is 0.122 e. The van der Waals surface area contributed by atoms with E-state index in [4.69, 9.17) is 10.5 Å². The van der Waals surface area contributed by atoms with Crippen LogP contribution < -0.4 is 11.1 Å². The van der Waals surface area contributed by atoms with E-state index in [1.165, 1.54) is 0 Å². The van der Waals surface area contributed by atoms with Crippen LogP contribution in [0.4, 0.5) is 0 Å². The molecule has 0 radical (unpaired) electrons. The lowest BCUT2D eigenvalue weighted by atomic mass is 10.1. The molecule has 0 amide bonds. The number of ether oxygens (including phenoxy) is 1. The van der Waals surface area contributed by atoms with Gasteiger partial charge in [0.05, 0.1) is 0 Å². The summed E-state index contributed by atoms with van der Waals surface area (Å²) >= 11 is 0. The van der Waals surface area contributed by atoms with Gasteiger partial charge in [0.25, 0.3) is 0 Å². The molecule has 3 N–H and O–H groups in total. The topological polar surface area (TPSA) is 50.5 Å². The Kier molecular flexibility index (Phi) is 6.27. The highest BCUT2D eigenvalue weighted by Gasteiger charge is 2.28. The molecule has 0 saturated carbocycles. The van der Waals surface area contributed by atoms with Crippen LogP contribution in [-0.2, 0) is 4.74 Å². The first-order valence-corrected chi connectivity index (χ1v) is 5.24. The maximum atomic E-state index is 5.97.